The largest absolute Gasteiger partial charge is 0.379 e. The smallest absolute Gasteiger partial charge is 0.269 e. The van der Waals surface area contributed by atoms with Crippen LogP contribution in [0.2, 0.25) is 0 Å². The van der Waals surface area contributed by atoms with Gasteiger partial charge in [0.2, 0.25) is 5.91 Å². The zero-order valence-corrected chi connectivity index (χ0v) is 13.9. The number of amides is 1. The number of nitrogens with one attached hydrogen (secondary N) is 2. The molecule has 2 rings (SSSR count). The molecular weight excluding hydrogens is 284 g/mol. The van der Waals surface area contributed by atoms with Gasteiger partial charge in [0.05, 0.1) is 31.0 Å². The van der Waals surface area contributed by atoms with E-state index in [2.05, 4.69) is 15.3 Å². The van der Waals surface area contributed by atoms with Gasteiger partial charge in [0, 0.05) is 32.1 Å². The molecule has 0 aliphatic carbocycles. The zero-order chi connectivity index (χ0) is 16.3. The van der Waals surface area contributed by atoms with Gasteiger partial charge >= 0.3 is 0 Å². The SMILES string of the molecule is Cn1[nH]c(=O)c(CNC(=O)C(C)(C)C)c1CN1CCOCC1. The number of aryl methyl sites for hydroxylation is 1. The highest BCUT2D eigenvalue weighted by Crippen LogP contribution is 2.14. The predicted molar refractivity (Wildman–Crippen MR) is 83.4 cm³/mol. The van der Waals surface area contributed by atoms with Crippen molar-refractivity contribution < 1.29 is 9.53 Å². The van der Waals surface area contributed by atoms with Gasteiger partial charge in [-0.2, -0.15) is 0 Å². The molecule has 0 aromatic carbocycles. The number of carbonyl (C=O) groups excluding carboxylic acids is 1. The fourth-order valence-corrected chi connectivity index (χ4v) is 2.41. The average molecular weight is 310 g/mol. The molecule has 124 valence electrons. The summed E-state index contributed by atoms with van der Waals surface area (Å²) in [6.45, 7) is 9.64. The van der Waals surface area contributed by atoms with E-state index in [0.717, 1.165) is 18.8 Å². The number of carbonyl (C=O) groups is 1. The van der Waals surface area contributed by atoms with Crippen molar-refractivity contribution in [1.82, 2.24) is 20.0 Å². The van der Waals surface area contributed by atoms with Crippen LogP contribution in [0.15, 0.2) is 4.79 Å². The first-order valence-corrected chi connectivity index (χ1v) is 7.64. The summed E-state index contributed by atoms with van der Waals surface area (Å²) in [4.78, 5) is 26.3. The van der Waals surface area contributed by atoms with E-state index < -0.39 is 5.41 Å². The number of morpholine rings is 1. The molecular formula is C15H26N4O3. The summed E-state index contributed by atoms with van der Waals surface area (Å²) in [5.74, 6) is -0.0620. The van der Waals surface area contributed by atoms with Crippen LogP contribution in [0.3, 0.4) is 0 Å². The summed E-state index contributed by atoms with van der Waals surface area (Å²) in [7, 11) is 1.83. The van der Waals surface area contributed by atoms with Crippen LogP contribution in [0.5, 0.6) is 0 Å². The molecule has 1 aromatic rings. The second-order valence-electron chi connectivity index (χ2n) is 6.75. The molecule has 1 fully saturated rings. The van der Waals surface area contributed by atoms with Crippen LogP contribution in [-0.4, -0.2) is 46.9 Å². The number of ether oxygens (including phenoxy) is 1. The van der Waals surface area contributed by atoms with Crippen molar-refractivity contribution in [1.29, 1.82) is 0 Å². The Kier molecular flexibility index (Phi) is 5.08. The monoisotopic (exact) mass is 310 g/mol. The van der Waals surface area contributed by atoms with Gasteiger partial charge in [-0.15, -0.1) is 0 Å². The minimum atomic E-state index is -0.466. The molecule has 7 heteroatoms. The Bertz CT molecular complexity index is 577. The van der Waals surface area contributed by atoms with E-state index in [1.807, 2.05) is 27.8 Å². The van der Waals surface area contributed by atoms with E-state index in [1.165, 1.54) is 0 Å². The molecule has 1 saturated heterocycles. The quantitative estimate of drug-likeness (QED) is 0.833. The van der Waals surface area contributed by atoms with Gasteiger partial charge in [-0.3, -0.25) is 24.3 Å². The molecule has 1 aliphatic heterocycles. The second-order valence-corrected chi connectivity index (χ2v) is 6.75. The van der Waals surface area contributed by atoms with Crippen LogP contribution in [0, 0.1) is 5.41 Å². The van der Waals surface area contributed by atoms with Crippen LogP contribution in [-0.2, 0) is 29.7 Å². The number of nitrogens with zero attached hydrogens (tertiary/aromatic N) is 2. The van der Waals surface area contributed by atoms with E-state index in [9.17, 15) is 9.59 Å². The van der Waals surface area contributed by atoms with Crippen LogP contribution in [0.4, 0.5) is 0 Å². The van der Waals surface area contributed by atoms with E-state index >= 15 is 0 Å². The van der Waals surface area contributed by atoms with Crippen molar-refractivity contribution in [2.24, 2.45) is 12.5 Å². The van der Waals surface area contributed by atoms with Crippen molar-refractivity contribution in [3.05, 3.63) is 21.6 Å². The minimum Gasteiger partial charge on any atom is -0.379 e. The van der Waals surface area contributed by atoms with Crippen molar-refractivity contribution in [2.45, 2.75) is 33.9 Å². The highest BCUT2D eigenvalue weighted by molar-refractivity contribution is 5.81. The third-order valence-electron chi connectivity index (χ3n) is 3.88. The zero-order valence-electron chi connectivity index (χ0n) is 13.9. The molecule has 1 amide bonds. The van der Waals surface area contributed by atoms with Gasteiger partial charge in [0.1, 0.15) is 0 Å². The predicted octanol–water partition coefficient (Wildman–Crippen LogP) is 0.208. The van der Waals surface area contributed by atoms with Crippen molar-refractivity contribution in [3.8, 4) is 0 Å². The average Bonchev–Trinajstić information content (AvgIpc) is 2.71. The lowest BCUT2D eigenvalue weighted by molar-refractivity contribution is -0.128. The summed E-state index contributed by atoms with van der Waals surface area (Å²) in [6, 6.07) is 0. The highest BCUT2D eigenvalue weighted by atomic mass is 16.5. The molecule has 0 bridgehead atoms. The van der Waals surface area contributed by atoms with Crippen molar-refractivity contribution >= 4 is 5.91 Å². The van der Waals surface area contributed by atoms with Crippen LogP contribution >= 0.6 is 0 Å². The third-order valence-corrected chi connectivity index (χ3v) is 3.88. The molecule has 0 radical (unpaired) electrons. The van der Waals surface area contributed by atoms with Gasteiger partial charge < -0.3 is 10.1 Å². The summed E-state index contributed by atoms with van der Waals surface area (Å²) in [6.07, 6.45) is 0. The first-order chi connectivity index (χ1) is 10.3. The lowest BCUT2D eigenvalue weighted by Gasteiger charge is -2.27. The number of hydrogen-bond acceptors (Lipinski definition) is 4. The number of H-pyrrole nitrogens is 1. The molecule has 0 spiro atoms. The number of rotatable bonds is 4. The maximum absolute atomic E-state index is 12.1. The summed E-state index contributed by atoms with van der Waals surface area (Å²) in [5.41, 5.74) is 0.944. The van der Waals surface area contributed by atoms with Gasteiger partial charge in [0.25, 0.3) is 5.56 Å². The van der Waals surface area contributed by atoms with Gasteiger partial charge in [0.15, 0.2) is 0 Å². The molecule has 1 aromatic heterocycles. The van der Waals surface area contributed by atoms with E-state index in [4.69, 9.17) is 4.74 Å². The Morgan fingerprint density at radius 3 is 2.55 bits per heavy atom. The summed E-state index contributed by atoms with van der Waals surface area (Å²) >= 11 is 0. The Labute approximate surface area is 130 Å². The van der Waals surface area contributed by atoms with E-state index in [0.29, 0.717) is 25.3 Å². The van der Waals surface area contributed by atoms with E-state index in [1.54, 1.807) is 4.68 Å². The molecule has 0 atom stereocenters. The molecule has 2 heterocycles. The summed E-state index contributed by atoms with van der Waals surface area (Å²) in [5, 5.41) is 5.64. The maximum atomic E-state index is 12.1. The molecule has 0 saturated carbocycles. The topological polar surface area (TPSA) is 79.4 Å². The minimum absolute atomic E-state index is 0.0620. The number of hydrogen-bond donors (Lipinski definition) is 2. The van der Waals surface area contributed by atoms with Gasteiger partial charge in [-0.05, 0) is 0 Å². The Morgan fingerprint density at radius 1 is 1.32 bits per heavy atom. The maximum Gasteiger partial charge on any atom is 0.269 e. The van der Waals surface area contributed by atoms with Gasteiger partial charge in [-0.1, -0.05) is 20.8 Å². The normalized spacial score (nSPS) is 16.7. The third kappa shape index (κ3) is 3.98. The van der Waals surface area contributed by atoms with Crippen LogP contribution in [0.25, 0.3) is 0 Å². The molecule has 0 unspecified atom stereocenters. The fraction of sp³-hybridized carbons (Fsp3) is 0.733. The first kappa shape index (κ1) is 16.8. The summed E-state index contributed by atoms with van der Waals surface area (Å²) < 4.78 is 7.09. The Hall–Kier alpha value is -1.60. The van der Waals surface area contributed by atoms with Crippen LogP contribution in [0.1, 0.15) is 32.0 Å². The fourth-order valence-electron chi connectivity index (χ4n) is 2.41. The molecule has 2 N–H and O–H groups in total. The molecule has 7 nitrogen and oxygen atoms in total. The standard InChI is InChI=1S/C15H26N4O3/c1-15(2,3)14(21)16-9-11-12(18(4)17-13(11)20)10-19-5-7-22-8-6-19/h5-10H2,1-4H3,(H,16,21)(H,17,20). The first-order valence-electron chi connectivity index (χ1n) is 7.64. The van der Waals surface area contributed by atoms with Crippen molar-refractivity contribution in [2.75, 3.05) is 26.3 Å². The van der Waals surface area contributed by atoms with Crippen LogP contribution < -0.4 is 10.9 Å². The van der Waals surface area contributed by atoms with Crippen molar-refractivity contribution in [3.63, 3.8) is 0 Å². The molecule has 1 aliphatic rings. The second kappa shape index (κ2) is 6.66. The lowest BCUT2D eigenvalue weighted by atomic mass is 9.95. The highest BCUT2D eigenvalue weighted by Gasteiger charge is 2.23. The number of aromatic amines is 1. The lowest BCUT2D eigenvalue weighted by Crippen LogP contribution is -2.37. The Morgan fingerprint density at radius 2 is 1.95 bits per heavy atom. The Balaban J connectivity index is 2.10. The molecule has 22 heavy (non-hydrogen) atoms. The van der Waals surface area contributed by atoms with Gasteiger partial charge in [-0.25, -0.2) is 0 Å². The number of aromatic nitrogens is 2. The van der Waals surface area contributed by atoms with E-state index in [-0.39, 0.29) is 18.0 Å².